The molecule has 13 heteroatoms. The Kier molecular flexibility index (Phi) is 8.52. The molecule has 0 aliphatic carbocycles. The van der Waals surface area contributed by atoms with E-state index in [4.69, 9.17) is 9.57 Å². The SMILES string of the molecule is COS(=O)(=O)c1cnc(N2CCC(=NOC3CCN(C(=O)OC(C)C)CC3)CC2)nc1N(C)C. The van der Waals surface area contributed by atoms with Crippen LogP contribution in [0.5, 0.6) is 0 Å². The maximum Gasteiger partial charge on any atom is 0.410 e. The highest BCUT2D eigenvalue weighted by Crippen LogP contribution is 2.26. The molecular formula is C21H34N6O6S. The van der Waals surface area contributed by atoms with Gasteiger partial charge in [0, 0.05) is 66.0 Å². The number of nitrogens with zero attached hydrogens (tertiary/aromatic N) is 6. The first-order chi connectivity index (χ1) is 16.1. The summed E-state index contributed by atoms with van der Waals surface area (Å²) < 4.78 is 34.2. The summed E-state index contributed by atoms with van der Waals surface area (Å²) >= 11 is 0. The van der Waals surface area contributed by atoms with Crippen LogP contribution < -0.4 is 9.80 Å². The number of anilines is 2. The summed E-state index contributed by atoms with van der Waals surface area (Å²) in [5.74, 6) is 0.734. The van der Waals surface area contributed by atoms with Crippen LogP contribution in [-0.2, 0) is 23.9 Å². The van der Waals surface area contributed by atoms with Gasteiger partial charge in [0.05, 0.1) is 25.1 Å². The summed E-state index contributed by atoms with van der Waals surface area (Å²) in [6.07, 6.45) is 3.68. The van der Waals surface area contributed by atoms with Gasteiger partial charge in [0.1, 0.15) is 6.10 Å². The van der Waals surface area contributed by atoms with Crippen molar-refractivity contribution in [2.24, 2.45) is 5.16 Å². The van der Waals surface area contributed by atoms with Crippen LogP contribution in [0.3, 0.4) is 0 Å². The topological polar surface area (TPSA) is 127 Å². The normalized spacial score (nSPS) is 17.6. The van der Waals surface area contributed by atoms with Gasteiger partial charge < -0.3 is 24.3 Å². The molecule has 0 atom stereocenters. The van der Waals surface area contributed by atoms with Crippen molar-refractivity contribution in [3.8, 4) is 0 Å². The second-order valence-corrected chi connectivity index (χ2v) is 10.4. The average Bonchev–Trinajstić information content (AvgIpc) is 2.82. The van der Waals surface area contributed by atoms with Gasteiger partial charge in [-0.05, 0) is 13.8 Å². The molecule has 0 radical (unpaired) electrons. The monoisotopic (exact) mass is 498 g/mol. The van der Waals surface area contributed by atoms with Crippen LogP contribution in [0, 0.1) is 0 Å². The number of hydrogen-bond donors (Lipinski definition) is 0. The number of ether oxygens (including phenoxy) is 1. The van der Waals surface area contributed by atoms with Crippen LogP contribution in [0.15, 0.2) is 16.2 Å². The molecular weight excluding hydrogens is 464 g/mol. The van der Waals surface area contributed by atoms with Crippen molar-refractivity contribution < 1.29 is 27.0 Å². The molecule has 0 unspecified atom stereocenters. The van der Waals surface area contributed by atoms with Crippen molar-refractivity contribution in [1.82, 2.24) is 14.9 Å². The number of carbonyl (C=O) groups excluding carboxylic acids is 1. The van der Waals surface area contributed by atoms with Gasteiger partial charge >= 0.3 is 16.2 Å². The summed E-state index contributed by atoms with van der Waals surface area (Å²) in [5, 5.41) is 4.37. The predicted molar refractivity (Wildman–Crippen MR) is 127 cm³/mol. The van der Waals surface area contributed by atoms with Gasteiger partial charge in [0.25, 0.3) is 0 Å². The number of hydrogen-bond acceptors (Lipinski definition) is 11. The predicted octanol–water partition coefficient (Wildman–Crippen LogP) is 1.86. The molecule has 1 aromatic rings. The van der Waals surface area contributed by atoms with Gasteiger partial charge in [-0.15, -0.1) is 0 Å². The number of rotatable bonds is 7. The zero-order valence-corrected chi connectivity index (χ0v) is 21.2. The molecule has 12 nitrogen and oxygen atoms in total. The molecule has 34 heavy (non-hydrogen) atoms. The van der Waals surface area contributed by atoms with Crippen molar-refractivity contribution >= 4 is 33.7 Å². The molecule has 3 heterocycles. The minimum absolute atomic E-state index is 0.0186. The van der Waals surface area contributed by atoms with E-state index >= 15 is 0 Å². The van der Waals surface area contributed by atoms with Crippen molar-refractivity contribution in [2.45, 2.75) is 56.6 Å². The van der Waals surface area contributed by atoms with E-state index < -0.39 is 10.1 Å². The second-order valence-electron chi connectivity index (χ2n) is 8.74. The van der Waals surface area contributed by atoms with Gasteiger partial charge in [-0.25, -0.2) is 9.78 Å². The average molecular weight is 499 g/mol. The Bertz CT molecular complexity index is 981. The van der Waals surface area contributed by atoms with Crippen molar-refractivity contribution in [1.29, 1.82) is 0 Å². The minimum atomic E-state index is -3.91. The first kappa shape index (κ1) is 25.9. The van der Waals surface area contributed by atoms with Crippen LogP contribution >= 0.6 is 0 Å². The van der Waals surface area contributed by atoms with Crippen molar-refractivity contribution in [2.75, 3.05) is 57.2 Å². The van der Waals surface area contributed by atoms with E-state index in [2.05, 4.69) is 19.3 Å². The third-order valence-electron chi connectivity index (χ3n) is 5.63. The van der Waals surface area contributed by atoms with Gasteiger partial charge in [-0.1, -0.05) is 5.16 Å². The number of amides is 1. The first-order valence-corrected chi connectivity index (χ1v) is 12.8. The Morgan fingerprint density at radius 3 is 2.38 bits per heavy atom. The lowest BCUT2D eigenvalue weighted by molar-refractivity contribution is 0.00415. The first-order valence-electron chi connectivity index (χ1n) is 11.4. The zero-order chi connectivity index (χ0) is 24.9. The van der Waals surface area contributed by atoms with E-state index in [1.807, 2.05) is 18.7 Å². The number of likely N-dealkylation sites (tertiary alicyclic amines) is 1. The molecule has 3 rings (SSSR count). The van der Waals surface area contributed by atoms with Crippen LogP contribution in [0.4, 0.5) is 16.6 Å². The van der Waals surface area contributed by atoms with Crippen LogP contribution in [0.2, 0.25) is 0 Å². The molecule has 2 fully saturated rings. The van der Waals surface area contributed by atoms with E-state index in [-0.39, 0.29) is 29.0 Å². The summed E-state index contributed by atoms with van der Waals surface area (Å²) in [6, 6.07) is 0. The lowest BCUT2D eigenvalue weighted by Gasteiger charge is -2.31. The Balaban J connectivity index is 1.53. The molecule has 2 aliphatic rings. The van der Waals surface area contributed by atoms with Crippen LogP contribution in [0.1, 0.15) is 39.5 Å². The lowest BCUT2D eigenvalue weighted by atomic mass is 10.1. The summed E-state index contributed by atoms with van der Waals surface area (Å²) in [7, 11) is 0.638. The number of carbonyl (C=O) groups is 1. The molecule has 1 amide bonds. The standard InChI is InChI=1S/C21H34N6O6S/c1-15(2)32-21(28)27-12-8-17(9-13-27)33-24-16-6-10-26(11-7-16)20-22-14-18(34(29,30)31-5)19(23-20)25(3)4/h14-15,17H,6-13H2,1-5H3. The highest BCUT2D eigenvalue weighted by molar-refractivity contribution is 7.86. The Morgan fingerprint density at radius 1 is 1.18 bits per heavy atom. The summed E-state index contributed by atoms with van der Waals surface area (Å²) in [4.78, 5) is 31.7. The number of oxime groups is 1. The van der Waals surface area contributed by atoms with Crippen molar-refractivity contribution in [3.63, 3.8) is 0 Å². The highest BCUT2D eigenvalue weighted by Gasteiger charge is 2.27. The molecule has 190 valence electrons. The number of piperidine rings is 2. The maximum absolute atomic E-state index is 12.2. The fourth-order valence-electron chi connectivity index (χ4n) is 3.72. The zero-order valence-electron chi connectivity index (χ0n) is 20.4. The number of aromatic nitrogens is 2. The van der Waals surface area contributed by atoms with E-state index in [9.17, 15) is 13.2 Å². The highest BCUT2D eigenvalue weighted by atomic mass is 32.2. The van der Waals surface area contributed by atoms with E-state index in [1.165, 1.54) is 6.20 Å². The molecule has 2 saturated heterocycles. The third kappa shape index (κ3) is 6.47. The molecule has 1 aromatic heterocycles. The molecule has 0 aromatic carbocycles. The van der Waals surface area contributed by atoms with E-state index in [1.54, 1.807) is 23.9 Å². The van der Waals surface area contributed by atoms with Gasteiger partial charge in [0.15, 0.2) is 10.7 Å². The van der Waals surface area contributed by atoms with E-state index in [0.29, 0.717) is 57.8 Å². The summed E-state index contributed by atoms with van der Waals surface area (Å²) in [6.45, 7) is 6.15. The molecule has 0 N–H and O–H groups in total. The maximum atomic E-state index is 12.2. The van der Waals surface area contributed by atoms with Gasteiger partial charge in [-0.2, -0.15) is 13.4 Å². The molecule has 0 bridgehead atoms. The lowest BCUT2D eigenvalue weighted by Crippen LogP contribution is -2.41. The van der Waals surface area contributed by atoms with Gasteiger partial charge in [-0.3, -0.25) is 4.18 Å². The Morgan fingerprint density at radius 2 is 1.82 bits per heavy atom. The molecule has 0 spiro atoms. The van der Waals surface area contributed by atoms with Crippen LogP contribution in [-0.4, -0.2) is 94.7 Å². The fraction of sp³-hybridized carbons (Fsp3) is 0.714. The molecule has 0 saturated carbocycles. The Hall–Kier alpha value is -2.67. The summed E-state index contributed by atoms with van der Waals surface area (Å²) in [5.41, 5.74) is 0.962. The molecule has 2 aliphatic heterocycles. The second kappa shape index (κ2) is 11.2. The fourth-order valence-corrected chi connectivity index (χ4v) is 4.53. The van der Waals surface area contributed by atoms with Crippen LogP contribution in [0.25, 0.3) is 0 Å². The quantitative estimate of drug-likeness (QED) is 0.406. The van der Waals surface area contributed by atoms with Gasteiger partial charge in [0.2, 0.25) is 5.95 Å². The van der Waals surface area contributed by atoms with Crippen molar-refractivity contribution in [3.05, 3.63) is 6.20 Å². The smallest absolute Gasteiger partial charge is 0.410 e. The largest absolute Gasteiger partial charge is 0.447 e. The van der Waals surface area contributed by atoms with E-state index in [0.717, 1.165) is 12.8 Å². The third-order valence-corrected chi connectivity index (χ3v) is 6.89. The Labute approximate surface area is 201 Å². The minimum Gasteiger partial charge on any atom is -0.447 e.